The highest BCUT2D eigenvalue weighted by Gasteiger charge is 2.19. The van der Waals surface area contributed by atoms with Crippen LogP contribution in [0, 0.1) is 13.8 Å². The van der Waals surface area contributed by atoms with Crippen molar-refractivity contribution in [2.45, 2.75) is 26.6 Å². The lowest BCUT2D eigenvalue weighted by molar-refractivity contribution is 0.0136. The van der Waals surface area contributed by atoms with Crippen LogP contribution in [0.5, 0.6) is 0 Å². The molecular weight excluding hydrogens is 294 g/mol. The molecule has 0 saturated heterocycles. The van der Waals surface area contributed by atoms with Crippen LogP contribution in [0.2, 0.25) is 0 Å². The maximum Gasteiger partial charge on any atom is 0.257 e. The Bertz CT molecular complexity index is 636. The Labute approximate surface area is 136 Å². The fourth-order valence-corrected chi connectivity index (χ4v) is 2.39. The number of carbonyl (C=O) groups excluding carboxylic acids is 1. The highest BCUT2D eigenvalue weighted by Crippen LogP contribution is 2.15. The van der Waals surface area contributed by atoms with Crippen molar-refractivity contribution in [1.82, 2.24) is 4.90 Å². The second-order valence-corrected chi connectivity index (χ2v) is 5.67. The SMILES string of the molecule is Cc1cc(C(=O)N(C)CC(O)COCc2ccccc2)c(C)o1. The van der Waals surface area contributed by atoms with Crippen LogP contribution in [0.25, 0.3) is 0 Å². The molecule has 0 aliphatic rings. The van der Waals surface area contributed by atoms with E-state index in [2.05, 4.69) is 0 Å². The van der Waals surface area contributed by atoms with Crippen molar-refractivity contribution >= 4 is 5.91 Å². The zero-order valence-electron chi connectivity index (χ0n) is 13.8. The minimum Gasteiger partial charge on any atom is -0.466 e. The van der Waals surface area contributed by atoms with Gasteiger partial charge in [-0.15, -0.1) is 0 Å². The number of furan rings is 1. The van der Waals surface area contributed by atoms with Crippen molar-refractivity contribution in [3.8, 4) is 0 Å². The van der Waals surface area contributed by atoms with Gasteiger partial charge < -0.3 is 19.2 Å². The van der Waals surface area contributed by atoms with Crippen LogP contribution in [0.4, 0.5) is 0 Å². The van der Waals surface area contributed by atoms with Gasteiger partial charge in [-0.05, 0) is 25.5 Å². The largest absolute Gasteiger partial charge is 0.466 e. The van der Waals surface area contributed by atoms with Crippen LogP contribution in [0.3, 0.4) is 0 Å². The molecule has 1 aromatic carbocycles. The van der Waals surface area contributed by atoms with Crippen LogP contribution in [-0.4, -0.2) is 42.2 Å². The van der Waals surface area contributed by atoms with Gasteiger partial charge in [-0.1, -0.05) is 30.3 Å². The van der Waals surface area contributed by atoms with Crippen LogP contribution < -0.4 is 0 Å². The van der Waals surface area contributed by atoms with Crippen molar-refractivity contribution in [3.05, 3.63) is 59.0 Å². The summed E-state index contributed by atoms with van der Waals surface area (Å²) in [5.74, 6) is 1.13. The molecule has 2 rings (SSSR count). The van der Waals surface area contributed by atoms with Crippen LogP contribution in [0.1, 0.15) is 27.4 Å². The van der Waals surface area contributed by atoms with Crippen LogP contribution >= 0.6 is 0 Å². The second-order valence-electron chi connectivity index (χ2n) is 5.67. The first-order valence-corrected chi connectivity index (χ1v) is 7.59. The molecule has 1 heterocycles. The number of carbonyl (C=O) groups is 1. The molecule has 5 nitrogen and oxygen atoms in total. The molecular formula is C18H23NO4. The molecule has 0 spiro atoms. The summed E-state index contributed by atoms with van der Waals surface area (Å²) in [5, 5.41) is 10.0. The summed E-state index contributed by atoms with van der Waals surface area (Å²) in [6, 6.07) is 11.5. The number of nitrogens with zero attached hydrogens (tertiary/aromatic N) is 1. The van der Waals surface area contributed by atoms with E-state index in [1.165, 1.54) is 4.90 Å². The van der Waals surface area contributed by atoms with Gasteiger partial charge in [-0.3, -0.25) is 4.79 Å². The van der Waals surface area contributed by atoms with Crippen LogP contribution in [-0.2, 0) is 11.3 Å². The average molecular weight is 317 g/mol. The summed E-state index contributed by atoms with van der Waals surface area (Å²) < 4.78 is 10.9. The number of amides is 1. The molecule has 0 saturated carbocycles. The minimum atomic E-state index is -0.735. The summed E-state index contributed by atoms with van der Waals surface area (Å²) in [6.45, 7) is 4.38. The number of aryl methyl sites for hydroxylation is 2. The normalized spacial score (nSPS) is 12.2. The quantitative estimate of drug-likeness (QED) is 0.852. The van der Waals surface area contributed by atoms with Crippen molar-refractivity contribution < 1.29 is 19.1 Å². The zero-order valence-corrected chi connectivity index (χ0v) is 13.8. The van der Waals surface area contributed by atoms with Gasteiger partial charge in [0.15, 0.2) is 0 Å². The smallest absolute Gasteiger partial charge is 0.257 e. The average Bonchev–Trinajstić information content (AvgIpc) is 2.86. The summed E-state index contributed by atoms with van der Waals surface area (Å²) in [5.41, 5.74) is 1.58. The third-order valence-corrected chi connectivity index (χ3v) is 3.52. The number of rotatable bonds is 7. The van der Waals surface area contributed by atoms with E-state index in [1.807, 2.05) is 30.3 Å². The highest BCUT2D eigenvalue weighted by atomic mass is 16.5. The monoisotopic (exact) mass is 317 g/mol. The Balaban J connectivity index is 1.79. The molecule has 0 radical (unpaired) electrons. The Morgan fingerprint density at radius 2 is 2.00 bits per heavy atom. The zero-order chi connectivity index (χ0) is 16.8. The Morgan fingerprint density at radius 1 is 1.30 bits per heavy atom. The molecule has 0 bridgehead atoms. The molecule has 0 aliphatic carbocycles. The number of aliphatic hydroxyl groups excluding tert-OH is 1. The predicted octanol–water partition coefficient (Wildman–Crippen LogP) is 2.55. The minimum absolute atomic E-state index is 0.165. The van der Waals surface area contributed by atoms with Gasteiger partial charge in [-0.25, -0.2) is 0 Å². The van der Waals surface area contributed by atoms with E-state index in [9.17, 15) is 9.90 Å². The molecule has 1 amide bonds. The predicted molar refractivity (Wildman–Crippen MR) is 87.2 cm³/mol. The van der Waals surface area contributed by atoms with Crippen molar-refractivity contribution in [2.75, 3.05) is 20.2 Å². The first kappa shape index (κ1) is 17.2. The van der Waals surface area contributed by atoms with E-state index in [1.54, 1.807) is 27.0 Å². The highest BCUT2D eigenvalue weighted by molar-refractivity contribution is 5.95. The van der Waals surface area contributed by atoms with E-state index < -0.39 is 6.10 Å². The van der Waals surface area contributed by atoms with Crippen molar-refractivity contribution in [1.29, 1.82) is 0 Å². The Morgan fingerprint density at radius 3 is 2.61 bits per heavy atom. The molecule has 23 heavy (non-hydrogen) atoms. The Kier molecular flexibility index (Phi) is 5.96. The number of hydrogen-bond acceptors (Lipinski definition) is 4. The summed E-state index contributed by atoms with van der Waals surface area (Å²) in [6.07, 6.45) is -0.735. The van der Waals surface area contributed by atoms with E-state index in [4.69, 9.17) is 9.15 Å². The molecule has 124 valence electrons. The van der Waals surface area contributed by atoms with Gasteiger partial charge in [0.25, 0.3) is 5.91 Å². The number of hydrogen-bond donors (Lipinski definition) is 1. The topological polar surface area (TPSA) is 62.9 Å². The molecule has 5 heteroatoms. The second kappa shape index (κ2) is 7.94. The first-order valence-electron chi connectivity index (χ1n) is 7.59. The number of ether oxygens (including phenoxy) is 1. The Hall–Kier alpha value is -2.11. The first-order chi connectivity index (χ1) is 11.0. The van der Waals surface area contributed by atoms with Gasteiger partial charge in [0.1, 0.15) is 11.5 Å². The van der Waals surface area contributed by atoms with E-state index in [0.717, 1.165) is 5.56 Å². The fourth-order valence-electron chi connectivity index (χ4n) is 2.39. The maximum atomic E-state index is 12.3. The van der Waals surface area contributed by atoms with Crippen molar-refractivity contribution in [2.24, 2.45) is 0 Å². The van der Waals surface area contributed by atoms with Crippen molar-refractivity contribution in [3.63, 3.8) is 0 Å². The van der Waals surface area contributed by atoms with Gasteiger partial charge in [0.05, 0.1) is 24.9 Å². The lowest BCUT2D eigenvalue weighted by Crippen LogP contribution is -2.36. The lowest BCUT2D eigenvalue weighted by atomic mass is 10.2. The molecule has 1 N–H and O–H groups in total. The molecule has 1 atom stereocenters. The molecule has 1 unspecified atom stereocenters. The van der Waals surface area contributed by atoms with Gasteiger partial charge in [0, 0.05) is 13.6 Å². The molecule has 2 aromatic rings. The third kappa shape index (κ3) is 4.94. The number of likely N-dealkylation sites (N-methyl/N-ethyl adjacent to an activating group) is 1. The maximum absolute atomic E-state index is 12.3. The van der Waals surface area contributed by atoms with E-state index in [-0.39, 0.29) is 19.1 Å². The van der Waals surface area contributed by atoms with E-state index >= 15 is 0 Å². The summed E-state index contributed by atoms with van der Waals surface area (Å²) in [4.78, 5) is 13.8. The molecule has 0 fully saturated rings. The standard InChI is InChI=1S/C18H23NO4/c1-13-9-17(14(2)23-13)18(21)19(3)10-16(20)12-22-11-15-7-5-4-6-8-15/h4-9,16,20H,10-12H2,1-3H3. The van der Waals surface area contributed by atoms with Gasteiger partial charge in [-0.2, -0.15) is 0 Å². The van der Waals surface area contributed by atoms with Crippen LogP contribution in [0.15, 0.2) is 40.8 Å². The molecule has 1 aromatic heterocycles. The fraction of sp³-hybridized carbons (Fsp3) is 0.389. The van der Waals surface area contributed by atoms with Gasteiger partial charge in [0.2, 0.25) is 0 Å². The summed E-state index contributed by atoms with van der Waals surface area (Å²) in [7, 11) is 1.66. The number of benzene rings is 1. The third-order valence-electron chi connectivity index (χ3n) is 3.52. The molecule has 0 aliphatic heterocycles. The van der Waals surface area contributed by atoms with E-state index in [0.29, 0.717) is 23.7 Å². The van der Waals surface area contributed by atoms with Gasteiger partial charge >= 0.3 is 0 Å². The summed E-state index contributed by atoms with van der Waals surface area (Å²) >= 11 is 0. The lowest BCUT2D eigenvalue weighted by Gasteiger charge is -2.20. The number of aliphatic hydroxyl groups is 1.